The molecule has 2 N–H and O–H groups in total. The minimum absolute atomic E-state index is 0.0536. The predicted molar refractivity (Wildman–Crippen MR) is 116 cm³/mol. The fourth-order valence-corrected chi connectivity index (χ4v) is 5.30. The molecule has 3 rings (SSSR count). The Hall–Kier alpha value is -2.76. The molecule has 1 atom stereocenters. The molecule has 3 aromatic rings. The summed E-state index contributed by atoms with van der Waals surface area (Å²) in [7, 11) is -3.95. The quantitative estimate of drug-likeness (QED) is 0.514. The second kappa shape index (κ2) is 9.16. The van der Waals surface area contributed by atoms with Crippen LogP contribution in [0.2, 0.25) is 0 Å². The third-order valence-electron chi connectivity index (χ3n) is 4.25. The first-order chi connectivity index (χ1) is 14.5. The van der Waals surface area contributed by atoms with Crippen molar-refractivity contribution in [3.63, 3.8) is 0 Å². The van der Waals surface area contributed by atoms with Crippen LogP contribution in [0.1, 0.15) is 29.8 Å². The smallest absolute Gasteiger partial charge is 0.246 e. The number of aromatic nitrogens is 3. The molecule has 0 aliphatic heterocycles. The van der Waals surface area contributed by atoms with Gasteiger partial charge in [0.05, 0.1) is 6.04 Å². The third-order valence-corrected chi connectivity index (χ3v) is 6.91. The molecular weight excluding hydrogens is 438 g/mol. The Balaban J connectivity index is 1.63. The highest BCUT2D eigenvalue weighted by Crippen LogP contribution is 2.26. The highest BCUT2D eigenvalue weighted by molar-refractivity contribution is 7.99. The van der Waals surface area contributed by atoms with Gasteiger partial charge in [-0.15, -0.1) is 0 Å². The molecule has 11 heteroatoms. The maximum absolute atomic E-state index is 12.6. The van der Waals surface area contributed by atoms with Crippen LogP contribution < -0.4 is 10.0 Å². The Morgan fingerprint density at radius 3 is 2.23 bits per heavy atom. The zero-order chi connectivity index (χ0) is 22.8. The van der Waals surface area contributed by atoms with Gasteiger partial charge in [-0.05, 0) is 76.7 Å². The maximum Gasteiger partial charge on any atom is 0.246 e. The second-order valence-corrected chi connectivity index (χ2v) is 9.74. The van der Waals surface area contributed by atoms with Crippen LogP contribution in [0.4, 0.5) is 5.69 Å². The summed E-state index contributed by atoms with van der Waals surface area (Å²) in [4.78, 5) is 22.1. The van der Waals surface area contributed by atoms with Gasteiger partial charge in [-0.3, -0.25) is 4.79 Å². The van der Waals surface area contributed by atoms with E-state index < -0.39 is 22.0 Å². The van der Waals surface area contributed by atoms with Crippen LogP contribution in [0.5, 0.6) is 0 Å². The molecule has 2 aromatic heterocycles. The number of nitrogens with one attached hydrogen (secondary N) is 2. The number of aryl methyl sites for hydroxylation is 4. The van der Waals surface area contributed by atoms with Gasteiger partial charge in [0, 0.05) is 22.0 Å². The summed E-state index contributed by atoms with van der Waals surface area (Å²) in [5, 5.41) is 7.00. The van der Waals surface area contributed by atoms with Crippen molar-refractivity contribution in [1.82, 2.24) is 19.8 Å². The minimum atomic E-state index is -3.95. The molecule has 0 saturated carbocycles. The minimum Gasteiger partial charge on any atom is -0.360 e. The number of rotatable bonds is 7. The first-order valence-electron chi connectivity index (χ1n) is 9.41. The number of benzene rings is 1. The summed E-state index contributed by atoms with van der Waals surface area (Å²) in [5.41, 5.74) is 2.57. The van der Waals surface area contributed by atoms with E-state index in [0.717, 1.165) is 16.3 Å². The van der Waals surface area contributed by atoms with Crippen molar-refractivity contribution < 1.29 is 17.7 Å². The number of nitrogens with zero attached hydrogens (tertiary/aromatic N) is 3. The van der Waals surface area contributed by atoms with E-state index in [2.05, 4.69) is 25.2 Å². The summed E-state index contributed by atoms with van der Waals surface area (Å²) in [6, 6.07) is 8.04. The molecule has 0 aliphatic carbocycles. The first kappa shape index (κ1) is 22.9. The lowest BCUT2D eigenvalue weighted by molar-refractivity contribution is -0.117. The molecule has 0 saturated heterocycles. The molecule has 164 valence electrons. The Morgan fingerprint density at radius 2 is 1.68 bits per heavy atom. The van der Waals surface area contributed by atoms with E-state index in [4.69, 9.17) is 4.52 Å². The van der Waals surface area contributed by atoms with Crippen LogP contribution in [-0.4, -0.2) is 35.5 Å². The third kappa shape index (κ3) is 5.69. The Morgan fingerprint density at radius 1 is 1.06 bits per heavy atom. The normalized spacial score (nSPS) is 12.5. The standard InChI is InChI=1S/C20H23N5O4S2/c1-11-10-12(2)22-20(21-11)30-17-8-6-16(7-9-17)23-19(26)14(4)25-31(27,28)18-13(3)24-29-15(18)5/h6-10,14,25H,1-5H3,(H,23,26)/t14-/m0/s1. The molecular formula is C20H23N5O4S2. The number of sulfonamides is 1. The summed E-state index contributed by atoms with van der Waals surface area (Å²) in [6.45, 7) is 8.32. The van der Waals surface area contributed by atoms with Gasteiger partial charge in [0.1, 0.15) is 10.6 Å². The van der Waals surface area contributed by atoms with E-state index in [1.807, 2.05) is 32.0 Å². The lowest BCUT2D eigenvalue weighted by Gasteiger charge is -2.14. The van der Waals surface area contributed by atoms with Gasteiger partial charge in [-0.1, -0.05) is 5.16 Å². The van der Waals surface area contributed by atoms with Gasteiger partial charge >= 0.3 is 0 Å². The Kier molecular flexibility index (Phi) is 6.77. The van der Waals surface area contributed by atoms with Crippen LogP contribution >= 0.6 is 11.8 Å². The zero-order valence-corrected chi connectivity index (χ0v) is 19.4. The number of anilines is 1. The molecule has 0 radical (unpaired) electrons. The Labute approximate surface area is 185 Å². The van der Waals surface area contributed by atoms with E-state index in [1.54, 1.807) is 12.1 Å². The molecule has 0 spiro atoms. The van der Waals surface area contributed by atoms with Crippen LogP contribution in [0.25, 0.3) is 0 Å². The summed E-state index contributed by atoms with van der Waals surface area (Å²) < 4.78 is 32.4. The molecule has 1 amide bonds. The molecule has 2 heterocycles. The van der Waals surface area contributed by atoms with Crippen molar-refractivity contribution in [2.75, 3.05) is 5.32 Å². The highest BCUT2D eigenvalue weighted by Gasteiger charge is 2.28. The highest BCUT2D eigenvalue weighted by atomic mass is 32.2. The lowest BCUT2D eigenvalue weighted by atomic mass is 10.3. The second-order valence-electron chi connectivity index (χ2n) is 7.05. The van der Waals surface area contributed by atoms with Gasteiger partial charge in [-0.25, -0.2) is 18.4 Å². The van der Waals surface area contributed by atoms with Crippen molar-refractivity contribution >= 4 is 33.4 Å². The molecule has 31 heavy (non-hydrogen) atoms. The average Bonchev–Trinajstić information content (AvgIpc) is 3.01. The van der Waals surface area contributed by atoms with E-state index in [0.29, 0.717) is 10.8 Å². The number of amides is 1. The van der Waals surface area contributed by atoms with Crippen molar-refractivity contribution in [1.29, 1.82) is 0 Å². The van der Waals surface area contributed by atoms with Crippen LogP contribution in [0.15, 0.2) is 49.8 Å². The molecule has 0 aliphatic rings. The Bertz CT molecular complexity index is 1170. The number of carbonyl (C=O) groups excluding carboxylic acids is 1. The lowest BCUT2D eigenvalue weighted by Crippen LogP contribution is -2.41. The first-order valence-corrected chi connectivity index (χ1v) is 11.7. The molecule has 0 bridgehead atoms. The molecule has 9 nitrogen and oxygen atoms in total. The molecule has 0 fully saturated rings. The van der Waals surface area contributed by atoms with Crippen LogP contribution in [-0.2, 0) is 14.8 Å². The summed E-state index contributed by atoms with van der Waals surface area (Å²) in [6.07, 6.45) is 0. The summed E-state index contributed by atoms with van der Waals surface area (Å²) >= 11 is 1.42. The molecule has 0 unspecified atom stereocenters. The average molecular weight is 462 g/mol. The van der Waals surface area contributed by atoms with E-state index >= 15 is 0 Å². The van der Waals surface area contributed by atoms with Crippen molar-refractivity contribution in [3.05, 3.63) is 53.2 Å². The monoisotopic (exact) mass is 461 g/mol. The largest absolute Gasteiger partial charge is 0.360 e. The van der Waals surface area contributed by atoms with Gasteiger partial charge in [-0.2, -0.15) is 4.72 Å². The maximum atomic E-state index is 12.6. The van der Waals surface area contributed by atoms with Crippen molar-refractivity contribution in [2.45, 2.75) is 55.6 Å². The van der Waals surface area contributed by atoms with Gasteiger partial charge in [0.15, 0.2) is 10.9 Å². The van der Waals surface area contributed by atoms with Gasteiger partial charge in [0.25, 0.3) is 0 Å². The topological polar surface area (TPSA) is 127 Å². The fraction of sp³-hybridized carbons (Fsp3) is 0.300. The summed E-state index contributed by atoms with van der Waals surface area (Å²) in [5.74, 6) is -0.327. The van der Waals surface area contributed by atoms with Gasteiger partial charge in [0.2, 0.25) is 15.9 Å². The van der Waals surface area contributed by atoms with Crippen molar-refractivity contribution in [2.24, 2.45) is 0 Å². The van der Waals surface area contributed by atoms with Crippen LogP contribution in [0.3, 0.4) is 0 Å². The van der Waals surface area contributed by atoms with E-state index in [-0.39, 0.29) is 16.3 Å². The van der Waals surface area contributed by atoms with E-state index in [1.165, 1.54) is 32.5 Å². The predicted octanol–water partition coefficient (Wildman–Crippen LogP) is 3.15. The van der Waals surface area contributed by atoms with E-state index in [9.17, 15) is 13.2 Å². The number of hydrogen-bond acceptors (Lipinski definition) is 8. The van der Waals surface area contributed by atoms with Crippen LogP contribution in [0, 0.1) is 27.7 Å². The fourth-order valence-electron chi connectivity index (χ4n) is 2.90. The molecule has 1 aromatic carbocycles. The SMILES string of the molecule is Cc1cc(C)nc(Sc2ccc(NC(=O)[C@H](C)NS(=O)(=O)c3c(C)noc3C)cc2)n1. The zero-order valence-electron chi connectivity index (χ0n) is 17.8. The number of hydrogen-bond donors (Lipinski definition) is 2. The van der Waals surface area contributed by atoms with Gasteiger partial charge < -0.3 is 9.84 Å². The van der Waals surface area contributed by atoms with Crippen molar-refractivity contribution in [3.8, 4) is 0 Å². The number of carbonyl (C=O) groups is 1.